The van der Waals surface area contributed by atoms with E-state index in [1.54, 1.807) is 0 Å². The van der Waals surface area contributed by atoms with Crippen LogP contribution in [-0.2, 0) is 9.53 Å². The number of likely N-dealkylation sites (N-methyl/N-ethyl adjacent to an activating group) is 1. The molecule has 0 aromatic heterocycles. The van der Waals surface area contributed by atoms with Gasteiger partial charge in [0.15, 0.2) is 0 Å². The first kappa shape index (κ1) is 16.4. The van der Waals surface area contributed by atoms with Crippen molar-refractivity contribution >= 4 is 5.97 Å². The molecule has 0 fully saturated rings. The molecular formula is C13H28N2O2. The van der Waals surface area contributed by atoms with E-state index >= 15 is 0 Å². The predicted octanol–water partition coefficient (Wildman–Crippen LogP) is 1.65. The first-order valence-corrected chi connectivity index (χ1v) is 6.54. The van der Waals surface area contributed by atoms with E-state index in [0.717, 1.165) is 26.2 Å². The van der Waals surface area contributed by atoms with E-state index in [1.807, 2.05) is 20.8 Å². The number of carbonyl (C=O) groups is 1. The van der Waals surface area contributed by atoms with Crippen molar-refractivity contribution in [3.8, 4) is 0 Å². The Hall–Kier alpha value is -0.610. The molecule has 0 aromatic rings. The number of ether oxygens (including phenoxy) is 1. The third kappa shape index (κ3) is 10.3. The van der Waals surface area contributed by atoms with Crippen molar-refractivity contribution in [3.05, 3.63) is 0 Å². The molecule has 0 aliphatic heterocycles. The Balaban J connectivity index is 3.49. The summed E-state index contributed by atoms with van der Waals surface area (Å²) in [5.74, 6) is -0.132. The Morgan fingerprint density at radius 3 is 2.24 bits per heavy atom. The first-order valence-electron chi connectivity index (χ1n) is 6.54. The number of carbonyl (C=O) groups excluding carboxylic acids is 1. The van der Waals surface area contributed by atoms with Gasteiger partial charge in [-0.1, -0.05) is 13.8 Å². The van der Waals surface area contributed by atoms with Gasteiger partial charge in [-0.3, -0.25) is 4.79 Å². The minimum Gasteiger partial charge on any atom is -0.460 e. The first-order chi connectivity index (χ1) is 7.89. The third-order valence-corrected chi connectivity index (χ3v) is 2.43. The molecule has 0 bridgehead atoms. The van der Waals surface area contributed by atoms with Crippen LogP contribution in [0.2, 0.25) is 0 Å². The van der Waals surface area contributed by atoms with Gasteiger partial charge in [-0.05, 0) is 33.9 Å². The van der Waals surface area contributed by atoms with Crippen LogP contribution < -0.4 is 5.32 Å². The van der Waals surface area contributed by atoms with Crippen LogP contribution in [0, 0.1) is 0 Å². The molecule has 102 valence electrons. The minimum atomic E-state index is -0.377. The van der Waals surface area contributed by atoms with E-state index in [1.165, 1.54) is 0 Å². The van der Waals surface area contributed by atoms with Gasteiger partial charge in [-0.15, -0.1) is 0 Å². The molecule has 0 saturated heterocycles. The largest absolute Gasteiger partial charge is 0.460 e. The molecule has 4 heteroatoms. The summed E-state index contributed by atoms with van der Waals surface area (Å²) >= 11 is 0. The van der Waals surface area contributed by atoms with Crippen molar-refractivity contribution in [3.63, 3.8) is 0 Å². The zero-order chi connectivity index (χ0) is 13.3. The van der Waals surface area contributed by atoms with Crippen molar-refractivity contribution in [1.29, 1.82) is 0 Å². The predicted molar refractivity (Wildman–Crippen MR) is 71.1 cm³/mol. The fraction of sp³-hybridized carbons (Fsp3) is 0.923. The van der Waals surface area contributed by atoms with Gasteiger partial charge in [0.05, 0.1) is 6.42 Å². The summed E-state index contributed by atoms with van der Waals surface area (Å²) in [7, 11) is 0. The molecule has 0 saturated carbocycles. The highest BCUT2D eigenvalue weighted by molar-refractivity contribution is 5.70. The van der Waals surface area contributed by atoms with Crippen LogP contribution in [0.5, 0.6) is 0 Å². The van der Waals surface area contributed by atoms with Crippen molar-refractivity contribution in [2.24, 2.45) is 0 Å². The molecule has 0 atom stereocenters. The lowest BCUT2D eigenvalue weighted by molar-refractivity contribution is -0.154. The summed E-state index contributed by atoms with van der Waals surface area (Å²) in [5, 5.41) is 3.26. The van der Waals surface area contributed by atoms with Crippen LogP contribution >= 0.6 is 0 Å². The van der Waals surface area contributed by atoms with Crippen molar-refractivity contribution < 1.29 is 9.53 Å². The van der Waals surface area contributed by atoms with Crippen molar-refractivity contribution in [2.75, 3.05) is 32.7 Å². The van der Waals surface area contributed by atoms with Crippen LogP contribution in [0.4, 0.5) is 0 Å². The normalized spacial score (nSPS) is 11.9. The zero-order valence-corrected chi connectivity index (χ0v) is 12.0. The van der Waals surface area contributed by atoms with Gasteiger partial charge >= 0.3 is 5.97 Å². The second-order valence-electron chi connectivity index (χ2n) is 5.11. The van der Waals surface area contributed by atoms with E-state index in [2.05, 4.69) is 24.1 Å². The summed E-state index contributed by atoms with van der Waals surface area (Å²) in [6.07, 6.45) is 0.440. The lowest BCUT2D eigenvalue weighted by atomic mass is 10.2. The molecule has 0 rings (SSSR count). The summed E-state index contributed by atoms with van der Waals surface area (Å²) in [5.41, 5.74) is -0.377. The molecule has 0 radical (unpaired) electrons. The monoisotopic (exact) mass is 244 g/mol. The highest BCUT2D eigenvalue weighted by atomic mass is 16.6. The summed E-state index contributed by atoms with van der Waals surface area (Å²) in [6, 6.07) is 0. The van der Waals surface area contributed by atoms with Crippen molar-refractivity contribution in [1.82, 2.24) is 10.2 Å². The van der Waals surface area contributed by atoms with Gasteiger partial charge in [0.1, 0.15) is 5.60 Å². The summed E-state index contributed by atoms with van der Waals surface area (Å²) in [6.45, 7) is 14.8. The van der Waals surface area contributed by atoms with Crippen LogP contribution in [0.15, 0.2) is 0 Å². The standard InChI is InChI=1S/C13H28N2O2/c1-6-15(7-2)11-10-14-9-8-12(16)17-13(3,4)5/h14H,6-11H2,1-5H3. The molecule has 0 spiro atoms. The Morgan fingerprint density at radius 2 is 1.76 bits per heavy atom. The highest BCUT2D eigenvalue weighted by Crippen LogP contribution is 2.07. The maximum atomic E-state index is 11.4. The van der Waals surface area contributed by atoms with E-state index in [0.29, 0.717) is 13.0 Å². The quantitative estimate of drug-likeness (QED) is 0.521. The Morgan fingerprint density at radius 1 is 1.18 bits per heavy atom. The van der Waals surface area contributed by atoms with Crippen LogP contribution in [0.25, 0.3) is 0 Å². The summed E-state index contributed by atoms with van der Waals surface area (Å²) < 4.78 is 5.22. The van der Waals surface area contributed by atoms with Gasteiger partial charge in [-0.25, -0.2) is 0 Å². The molecule has 0 aromatic carbocycles. The molecule has 4 nitrogen and oxygen atoms in total. The van der Waals surface area contributed by atoms with Crippen molar-refractivity contribution in [2.45, 2.75) is 46.6 Å². The van der Waals surface area contributed by atoms with E-state index in [9.17, 15) is 4.79 Å². The van der Waals surface area contributed by atoms with Gasteiger partial charge in [0, 0.05) is 19.6 Å². The zero-order valence-electron chi connectivity index (χ0n) is 12.0. The molecule has 17 heavy (non-hydrogen) atoms. The molecule has 0 heterocycles. The second kappa shape index (κ2) is 8.48. The molecule has 0 aliphatic rings. The molecule has 0 amide bonds. The average molecular weight is 244 g/mol. The molecule has 1 N–H and O–H groups in total. The lowest BCUT2D eigenvalue weighted by Crippen LogP contribution is -2.33. The SMILES string of the molecule is CCN(CC)CCNCCC(=O)OC(C)(C)C. The van der Waals surface area contributed by atoms with Crippen LogP contribution in [-0.4, -0.2) is 49.2 Å². The minimum absolute atomic E-state index is 0.132. The Bertz CT molecular complexity index is 208. The van der Waals surface area contributed by atoms with Crippen LogP contribution in [0.1, 0.15) is 41.0 Å². The maximum Gasteiger partial charge on any atom is 0.307 e. The maximum absolute atomic E-state index is 11.4. The number of nitrogens with zero attached hydrogens (tertiary/aromatic N) is 1. The topological polar surface area (TPSA) is 41.6 Å². The van der Waals surface area contributed by atoms with E-state index < -0.39 is 0 Å². The van der Waals surface area contributed by atoms with E-state index in [-0.39, 0.29) is 11.6 Å². The van der Waals surface area contributed by atoms with Gasteiger partial charge < -0.3 is 15.0 Å². The Kier molecular flexibility index (Phi) is 8.17. The van der Waals surface area contributed by atoms with Gasteiger partial charge in [0.25, 0.3) is 0 Å². The smallest absolute Gasteiger partial charge is 0.307 e. The molecule has 0 unspecified atom stereocenters. The van der Waals surface area contributed by atoms with Gasteiger partial charge in [-0.2, -0.15) is 0 Å². The molecule has 0 aliphatic carbocycles. The lowest BCUT2D eigenvalue weighted by Gasteiger charge is -2.20. The van der Waals surface area contributed by atoms with Crippen LogP contribution in [0.3, 0.4) is 0 Å². The molecular weight excluding hydrogens is 216 g/mol. The summed E-state index contributed by atoms with van der Waals surface area (Å²) in [4.78, 5) is 13.7. The number of rotatable bonds is 8. The average Bonchev–Trinajstić information content (AvgIpc) is 2.21. The van der Waals surface area contributed by atoms with E-state index in [4.69, 9.17) is 4.74 Å². The number of hydrogen-bond donors (Lipinski definition) is 1. The number of esters is 1. The highest BCUT2D eigenvalue weighted by Gasteiger charge is 2.15. The third-order valence-electron chi connectivity index (χ3n) is 2.43. The fourth-order valence-electron chi connectivity index (χ4n) is 1.48. The van der Waals surface area contributed by atoms with Gasteiger partial charge in [0.2, 0.25) is 0 Å². The second-order valence-corrected chi connectivity index (χ2v) is 5.11. The number of hydrogen-bond acceptors (Lipinski definition) is 4. The Labute approximate surface area is 106 Å². The fourth-order valence-corrected chi connectivity index (χ4v) is 1.48. The number of nitrogens with one attached hydrogen (secondary N) is 1.